The summed E-state index contributed by atoms with van der Waals surface area (Å²) in [5, 5.41) is 9.66. The highest BCUT2D eigenvalue weighted by atomic mass is 16.3. The van der Waals surface area contributed by atoms with Crippen molar-refractivity contribution < 1.29 is 9.90 Å². The van der Waals surface area contributed by atoms with Crippen LogP contribution in [0.5, 0.6) is 0 Å². The van der Waals surface area contributed by atoms with Gasteiger partial charge in [0.2, 0.25) is 5.91 Å². The SMILES string of the molecule is CC(=O)N1C2CC(C)CC1CC(O)C2. The van der Waals surface area contributed by atoms with Crippen molar-refractivity contribution in [1.82, 2.24) is 4.90 Å². The Kier molecular flexibility index (Phi) is 2.52. The molecule has 0 aliphatic carbocycles. The maximum atomic E-state index is 11.5. The van der Waals surface area contributed by atoms with Gasteiger partial charge in [0.15, 0.2) is 0 Å². The summed E-state index contributed by atoms with van der Waals surface area (Å²) in [6, 6.07) is 0.593. The molecule has 0 aromatic carbocycles. The summed E-state index contributed by atoms with van der Waals surface area (Å²) >= 11 is 0. The minimum atomic E-state index is -0.187. The predicted octanol–water partition coefficient (Wildman–Crippen LogP) is 1.16. The molecule has 2 heterocycles. The summed E-state index contributed by atoms with van der Waals surface area (Å²) in [6.45, 7) is 3.89. The number of aliphatic hydroxyl groups excluding tert-OH is 1. The molecule has 1 amide bonds. The monoisotopic (exact) mass is 197 g/mol. The van der Waals surface area contributed by atoms with Crippen LogP contribution in [-0.4, -0.2) is 34.1 Å². The topological polar surface area (TPSA) is 40.5 Å². The van der Waals surface area contributed by atoms with Gasteiger partial charge in [-0.05, 0) is 31.6 Å². The summed E-state index contributed by atoms with van der Waals surface area (Å²) in [6.07, 6.45) is 3.49. The van der Waals surface area contributed by atoms with E-state index in [1.54, 1.807) is 6.92 Å². The number of fused-ring (bicyclic) bond motifs is 2. The Morgan fingerprint density at radius 2 is 1.71 bits per heavy atom. The normalized spacial score (nSPS) is 42.4. The van der Waals surface area contributed by atoms with Gasteiger partial charge in [0, 0.05) is 19.0 Å². The fraction of sp³-hybridized carbons (Fsp3) is 0.909. The fourth-order valence-corrected chi connectivity index (χ4v) is 3.21. The Hall–Kier alpha value is -0.570. The van der Waals surface area contributed by atoms with Gasteiger partial charge in [-0.25, -0.2) is 0 Å². The Bertz CT molecular complexity index is 211. The van der Waals surface area contributed by atoms with Gasteiger partial charge in [-0.1, -0.05) is 6.92 Å². The molecule has 2 rings (SSSR count). The van der Waals surface area contributed by atoms with Crippen molar-refractivity contribution in [3.8, 4) is 0 Å². The van der Waals surface area contributed by atoms with E-state index in [1.165, 1.54) is 0 Å². The quantitative estimate of drug-likeness (QED) is 0.633. The number of rotatable bonds is 0. The fourth-order valence-electron chi connectivity index (χ4n) is 3.21. The number of carbonyl (C=O) groups is 1. The van der Waals surface area contributed by atoms with Crippen molar-refractivity contribution >= 4 is 5.91 Å². The molecular formula is C11H19NO2. The molecule has 3 nitrogen and oxygen atoms in total. The van der Waals surface area contributed by atoms with Crippen molar-refractivity contribution in [2.24, 2.45) is 5.92 Å². The molecule has 2 unspecified atom stereocenters. The third-order valence-electron chi connectivity index (χ3n) is 3.59. The molecular weight excluding hydrogens is 178 g/mol. The molecule has 2 aliphatic heterocycles. The smallest absolute Gasteiger partial charge is 0.219 e. The van der Waals surface area contributed by atoms with Crippen molar-refractivity contribution in [1.29, 1.82) is 0 Å². The van der Waals surface area contributed by atoms with E-state index in [0.717, 1.165) is 25.7 Å². The maximum absolute atomic E-state index is 11.5. The van der Waals surface area contributed by atoms with Crippen molar-refractivity contribution in [2.75, 3.05) is 0 Å². The lowest BCUT2D eigenvalue weighted by Crippen LogP contribution is -2.56. The number of hydrogen-bond acceptors (Lipinski definition) is 2. The van der Waals surface area contributed by atoms with Gasteiger partial charge in [0.25, 0.3) is 0 Å². The highest BCUT2D eigenvalue weighted by Crippen LogP contribution is 2.36. The second-order valence-electron chi connectivity index (χ2n) is 4.94. The van der Waals surface area contributed by atoms with Gasteiger partial charge in [0.1, 0.15) is 0 Å². The van der Waals surface area contributed by atoms with Crippen LogP contribution in [0.1, 0.15) is 39.5 Å². The minimum Gasteiger partial charge on any atom is -0.393 e. The summed E-state index contributed by atoms with van der Waals surface area (Å²) < 4.78 is 0. The number of hydrogen-bond donors (Lipinski definition) is 1. The van der Waals surface area contributed by atoms with E-state index < -0.39 is 0 Å². The zero-order chi connectivity index (χ0) is 10.3. The number of amides is 1. The predicted molar refractivity (Wildman–Crippen MR) is 53.7 cm³/mol. The zero-order valence-corrected chi connectivity index (χ0v) is 8.94. The number of aliphatic hydroxyl groups is 1. The van der Waals surface area contributed by atoms with E-state index in [4.69, 9.17) is 0 Å². The van der Waals surface area contributed by atoms with Crippen LogP contribution in [0.4, 0.5) is 0 Å². The van der Waals surface area contributed by atoms with Gasteiger partial charge in [-0.15, -0.1) is 0 Å². The summed E-state index contributed by atoms with van der Waals surface area (Å²) in [5.41, 5.74) is 0. The first-order chi connectivity index (χ1) is 6.58. The average molecular weight is 197 g/mol. The molecule has 2 saturated heterocycles. The molecule has 14 heavy (non-hydrogen) atoms. The second-order valence-corrected chi connectivity index (χ2v) is 4.94. The Morgan fingerprint density at radius 3 is 2.14 bits per heavy atom. The van der Waals surface area contributed by atoms with Crippen molar-refractivity contribution in [3.63, 3.8) is 0 Å². The number of carbonyl (C=O) groups excluding carboxylic acids is 1. The number of piperidine rings is 2. The molecule has 0 aromatic rings. The lowest BCUT2D eigenvalue weighted by atomic mass is 9.78. The molecule has 2 fully saturated rings. The molecule has 0 radical (unpaired) electrons. The van der Waals surface area contributed by atoms with Gasteiger partial charge in [0.05, 0.1) is 6.10 Å². The van der Waals surface area contributed by atoms with E-state index in [1.807, 2.05) is 4.90 Å². The third-order valence-corrected chi connectivity index (χ3v) is 3.59. The lowest BCUT2D eigenvalue weighted by molar-refractivity contribution is -0.143. The Morgan fingerprint density at radius 1 is 1.21 bits per heavy atom. The third kappa shape index (κ3) is 1.65. The van der Waals surface area contributed by atoms with Crippen LogP contribution in [0.15, 0.2) is 0 Å². The van der Waals surface area contributed by atoms with E-state index >= 15 is 0 Å². The molecule has 1 N–H and O–H groups in total. The number of nitrogens with zero attached hydrogens (tertiary/aromatic N) is 1. The standard InChI is InChI=1S/C11H19NO2/c1-7-3-9-5-11(14)6-10(4-7)12(9)8(2)13/h7,9-11,14H,3-6H2,1-2H3. The molecule has 0 aromatic heterocycles. The summed E-state index contributed by atoms with van der Waals surface area (Å²) in [5.74, 6) is 0.881. The van der Waals surface area contributed by atoms with Crippen molar-refractivity contribution in [2.45, 2.75) is 57.7 Å². The van der Waals surface area contributed by atoms with Crippen molar-refractivity contribution in [3.05, 3.63) is 0 Å². The van der Waals surface area contributed by atoms with Gasteiger partial charge < -0.3 is 10.0 Å². The molecule has 3 heteroatoms. The van der Waals surface area contributed by atoms with E-state index in [-0.39, 0.29) is 12.0 Å². The molecule has 0 saturated carbocycles. The highest BCUT2D eigenvalue weighted by molar-refractivity contribution is 5.74. The van der Waals surface area contributed by atoms with Gasteiger partial charge in [-0.2, -0.15) is 0 Å². The minimum absolute atomic E-state index is 0.179. The van der Waals surface area contributed by atoms with Crippen LogP contribution in [0.2, 0.25) is 0 Å². The van der Waals surface area contributed by atoms with Crippen LogP contribution in [0, 0.1) is 5.92 Å². The molecule has 0 spiro atoms. The second kappa shape index (κ2) is 3.54. The van der Waals surface area contributed by atoms with E-state index in [2.05, 4.69) is 6.92 Å². The molecule has 2 bridgehead atoms. The molecule has 2 aliphatic rings. The maximum Gasteiger partial charge on any atom is 0.219 e. The van der Waals surface area contributed by atoms with Crippen LogP contribution in [0.3, 0.4) is 0 Å². The largest absolute Gasteiger partial charge is 0.393 e. The first-order valence-corrected chi connectivity index (χ1v) is 5.55. The van der Waals surface area contributed by atoms with E-state index in [9.17, 15) is 9.90 Å². The lowest BCUT2D eigenvalue weighted by Gasteiger charge is -2.49. The van der Waals surface area contributed by atoms with Crippen LogP contribution in [-0.2, 0) is 4.79 Å². The molecule has 80 valence electrons. The first kappa shape index (κ1) is 9.97. The summed E-state index contributed by atoms with van der Waals surface area (Å²) in [7, 11) is 0. The van der Waals surface area contributed by atoms with E-state index in [0.29, 0.717) is 18.0 Å². The van der Waals surface area contributed by atoms with Crippen LogP contribution in [0.25, 0.3) is 0 Å². The Labute approximate surface area is 85.1 Å². The first-order valence-electron chi connectivity index (χ1n) is 5.55. The molecule has 2 atom stereocenters. The van der Waals surface area contributed by atoms with Gasteiger partial charge >= 0.3 is 0 Å². The highest BCUT2D eigenvalue weighted by Gasteiger charge is 2.41. The average Bonchev–Trinajstić information content (AvgIpc) is 1.99. The summed E-state index contributed by atoms with van der Waals surface area (Å²) in [4.78, 5) is 13.5. The zero-order valence-electron chi connectivity index (χ0n) is 8.94. The van der Waals surface area contributed by atoms with Crippen LogP contribution < -0.4 is 0 Å². The van der Waals surface area contributed by atoms with Gasteiger partial charge in [-0.3, -0.25) is 4.79 Å². The Balaban J connectivity index is 2.17. The van der Waals surface area contributed by atoms with Crippen LogP contribution >= 0.6 is 0 Å².